The van der Waals surface area contributed by atoms with Crippen molar-refractivity contribution in [3.05, 3.63) is 59.1 Å². The molecule has 0 fully saturated rings. The average Bonchev–Trinajstić information content (AvgIpc) is 3.06. The Morgan fingerprint density at radius 3 is 2.68 bits per heavy atom. The fourth-order valence-corrected chi connectivity index (χ4v) is 3.02. The molecule has 0 saturated carbocycles. The molecular weight excluding hydrogens is 358 g/mol. The van der Waals surface area contributed by atoms with E-state index in [0.29, 0.717) is 33.9 Å². The first-order valence-electron chi connectivity index (χ1n) is 7.69. The number of benzene rings is 2. The summed E-state index contributed by atoms with van der Waals surface area (Å²) in [5, 5.41) is 11.8. The van der Waals surface area contributed by atoms with Gasteiger partial charge in [0.1, 0.15) is 0 Å². The number of amides is 1. The summed E-state index contributed by atoms with van der Waals surface area (Å²) in [6.07, 6.45) is 0.350. The maximum absolute atomic E-state index is 12.0. The van der Waals surface area contributed by atoms with Crippen LogP contribution in [0.1, 0.15) is 12.0 Å². The van der Waals surface area contributed by atoms with Crippen molar-refractivity contribution in [3.8, 4) is 11.5 Å². The molecule has 1 amide bonds. The number of nitrogens with zero attached hydrogens (tertiary/aromatic N) is 2. The number of halogens is 1. The minimum absolute atomic E-state index is 0.0535. The van der Waals surface area contributed by atoms with E-state index in [2.05, 4.69) is 15.5 Å². The average molecular weight is 374 g/mol. The molecule has 128 valence electrons. The van der Waals surface area contributed by atoms with E-state index in [-0.39, 0.29) is 5.91 Å². The molecule has 1 aromatic heterocycles. The van der Waals surface area contributed by atoms with Crippen LogP contribution in [0.5, 0.6) is 0 Å². The second kappa shape index (κ2) is 8.18. The molecule has 1 heterocycles. The van der Waals surface area contributed by atoms with Gasteiger partial charge in [-0.1, -0.05) is 53.2 Å². The van der Waals surface area contributed by atoms with Crippen molar-refractivity contribution in [1.29, 1.82) is 0 Å². The maximum atomic E-state index is 12.0. The first kappa shape index (κ1) is 17.5. The largest absolute Gasteiger partial charge is 0.411 e. The van der Waals surface area contributed by atoms with Crippen LogP contribution in [0.4, 0.5) is 5.69 Å². The zero-order valence-electron chi connectivity index (χ0n) is 13.5. The minimum atomic E-state index is -0.0535. The Hall–Kier alpha value is -2.31. The molecule has 0 unspecified atom stereocenters. The number of nitrogens with one attached hydrogen (secondary N) is 1. The molecule has 5 nitrogen and oxygen atoms in total. The van der Waals surface area contributed by atoms with E-state index in [4.69, 9.17) is 16.0 Å². The van der Waals surface area contributed by atoms with Gasteiger partial charge in [0.25, 0.3) is 5.22 Å². The minimum Gasteiger partial charge on any atom is -0.411 e. The van der Waals surface area contributed by atoms with Crippen LogP contribution in [-0.4, -0.2) is 21.9 Å². The third-order valence-electron chi connectivity index (χ3n) is 3.40. The van der Waals surface area contributed by atoms with Crippen molar-refractivity contribution in [1.82, 2.24) is 10.2 Å². The van der Waals surface area contributed by atoms with Crippen LogP contribution in [0.25, 0.3) is 11.5 Å². The third kappa shape index (κ3) is 4.84. The van der Waals surface area contributed by atoms with Crippen LogP contribution < -0.4 is 5.32 Å². The number of rotatable bonds is 6. The van der Waals surface area contributed by atoms with Gasteiger partial charge in [-0.25, -0.2) is 0 Å². The highest BCUT2D eigenvalue weighted by Crippen LogP contribution is 2.28. The predicted octanol–water partition coefficient (Wildman–Crippen LogP) is 4.82. The van der Waals surface area contributed by atoms with Gasteiger partial charge in [-0.3, -0.25) is 4.79 Å². The van der Waals surface area contributed by atoms with E-state index in [1.54, 1.807) is 6.07 Å². The summed E-state index contributed by atoms with van der Waals surface area (Å²) in [7, 11) is 0. The van der Waals surface area contributed by atoms with Gasteiger partial charge in [-0.2, -0.15) is 0 Å². The van der Waals surface area contributed by atoms with Gasteiger partial charge < -0.3 is 9.73 Å². The number of hydrogen-bond acceptors (Lipinski definition) is 5. The van der Waals surface area contributed by atoms with Crippen molar-refractivity contribution in [2.45, 2.75) is 18.6 Å². The third-order valence-corrected chi connectivity index (χ3v) is 4.55. The van der Waals surface area contributed by atoms with Gasteiger partial charge in [0.2, 0.25) is 11.8 Å². The Morgan fingerprint density at radius 1 is 1.16 bits per heavy atom. The van der Waals surface area contributed by atoms with E-state index < -0.39 is 0 Å². The Labute approximate surface area is 154 Å². The van der Waals surface area contributed by atoms with Crippen LogP contribution >= 0.6 is 23.4 Å². The van der Waals surface area contributed by atoms with Crippen LogP contribution in [0.2, 0.25) is 5.02 Å². The monoisotopic (exact) mass is 373 g/mol. The molecule has 0 radical (unpaired) electrons. The second-order valence-electron chi connectivity index (χ2n) is 5.37. The van der Waals surface area contributed by atoms with Gasteiger partial charge in [-0.05, 0) is 31.2 Å². The lowest BCUT2D eigenvalue weighted by atomic mass is 10.2. The summed E-state index contributed by atoms with van der Waals surface area (Å²) in [6.45, 7) is 2.00. The summed E-state index contributed by atoms with van der Waals surface area (Å²) < 4.78 is 5.59. The second-order valence-corrected chi connectivity index (χ2v) is 6.82. The van der Waals surface area contributed by atoms with Gasteiger partial charge in [-0.15, -0.1) is 10.2 Å². The Morgan fingerprint density at radius 2 is 1.92 bits per heavy atom. The topological polar surface area (TPSA) is 68.0 Å². The molecular formula is C18H16ClN3O2S. The number of anilines is 1. The Balaban J connectivity index is 1.50. The summed E-state index contributed by atoms with van der Waals surface area (Å²) in [6, 6.07) is 15.0. The van der Waals surface area contributed by atoms with Crippen LogP contribution in [0.3, 0.4) is 0 Å². The SMILES string of the molecule is Cc1ccc(NC(=O)CCSc2nnc(-c3ccccc3Cl)o2)cc1. The van der Waals surface area contributed by atoms with E-state index in [9.17, 15) is 4.79 Å². The lowest BCUT2D eigenvalue weighted by molar-refractivity contribution is -0.115. The highest BCUT2D eigenvalue weighted by Gasteiger charge is 2.12. The summed E-state index contributed by atoms with van der Waals surface area (Å²) in [5.41, 5.74) is 2.64. The number of carbonyl (C=O) groups excluding carboxylic acids is 1. The molecule has 25 heavy (non-hydrogen) atoms. The van der Waals surface area contributed by atoms with Crippen LogP contribution in [0.15, 0.2) is 58.2 Å². The molecule has 3 rings (SSSR count). The smallest absolute Gasteiger partial charge is 0.276 e. The first-order chi connectivity index (χ1) is 12.1. The normalized spacial score (nSPS) is 10.6. The fourth-order valence-electron chi connectivity index (χ4n) is 2.10. The van der Waals surface area contributed by atoms with Crippen molar-refractivity contribution in [3.63, 3.8) is 0 Å². The van der Waals surface area contributed by atoms with Crippen molar-refractivity contribution < 1.29 is 9.21 Å². The van der Waals surface area contributed by atoms with Crippen LogP contribution in [-0.2, 0) is 4.79 Å². The Bertz CT molecular complexity index is 865. The van der Waals surface area contributed by atoms with Crippen LogP contribution in [0, 0.1) is 6.92 Å². The standard InChI is InChI=1S/C18H16ClN3O2S/c1-12-6-8-13(9-7-12)20-16(23)10-11-25-18-22-21-17(24-18)14-4-2-3-5-15(14)19/h2-9H,10-11H2,1H3,(H,20,23). The van der Waals surface area contributed by atoms with Crippen molar-refractivity contribution in [2.75, 3.05) is 11.1 Å². The number of hydrogen-bond donors (Lipinski definition) is 1. The molecule has 0 aliphatic rings. The molecule has 0 spiro atoms. The Kier molecular flexibility index (Phi) is 5.73. The molecule has 1 N–H and O–H groups in total. The van der Waals surface area contributed by atoms with Crippen molar-refractivity contribution >= 4 is 35.0 Å². The van der Waals surface area contributed by atoms with Gasteiger partial charge in [0, 0.05) is 17.9 Å². The lowest BCUT2D eigenvalue weighted by Gasteiger charge is -2.04. The number of thioether (sulfide) groups is 1. The van der Waals surface area contributed by atoms with E-state index in [1.165, 1.54) is 11.8 Å². The van der Waals surface area contributed by atoms with E-state index in [1.807, 2.05) is 49.4 Å². The van der Waals surface area contributed by atoms with Gasteiger partial charge >= 0.3 is 0 Å². The maximum Gasteiger partial charge on any atom is 0.276 e. The molecule has 0 aliphatic carbocycles. The summed E-state index contributed by atoms with van der Waals surface area (Å²) >= 11 is 7.45. The van der Waals surface area contributed by atoms with Crippen molar-refractivity contribution in [2.24, 2.45) is 0 Å². The quantitative estimate of drug-likeness (QED) is 0.627. The number of aromatic nitrogens is 2. The van der Waals surface area contributed by atoms with Gasteiger partial charge in [0.05, 0.1) is 10.6 Å². The molecule has 3 aromatic rings. The first-order valence-corrected chi connectivity index (χ1v) is 9.06. The predicted molar refractivity (Wildman–Crippen MR) is 99.9 cm³/mol. The van der Waals surface area contributed by atoms with E-state index >= 15 is 0 Å². The highest BCUT2D eigenvalue weighted by molar-refractivity contribution is 7.99. The zero-order valence-corrected chi connectivity index (χ0v) is 15.1. The highest BCUT2D eigenvalue weighted by atomic mass is 35.5. The lowest BCUT2D eigenvalue weighted by Crippen LogP contribution is -2.12. The fraction of sp³-hybridized carbons (Fsp3) is 0.167. The summed E-state index contributed by atoms with van der Waals surface area (Å²) in [4.78, 5) is 12.0. The van der Waals surface area contributed by atoms with E-state index in [0.717, 1.165) is 11.3 Å². The zero-order chi connectivity index (χ0) is 17.6. The molecule has 0 atom stereocenters. The molecule has 2 aromatic carbocycles. The molecule has 0 saturated heterocycles. The summed E-state index contributed by atoms with van der Waals surface area (Å²) in [5.74, 6) is 0.862. The molecule has 7 heteroatoms. The van der Waals surface area contributed by atoms with Gasteiger partial charge in [0.15, 0.2) is 0 Å². The number of aryl methyl sites for hydroxylation is 1. The molecule has 0 aliphatic heterocycles. The number of carbonyl (C=O) groups is 1. The molecule has 0 bridgehead atoms.